The van der Waals surface area contributed by atoms with Crippen molar-refractivity contribution in [3.8, 4) is 11.5 Å². The zero-order chi connectivity index (χ0) is 16.9. The minimum atomic E-state index is 0.632. The fourth-order valence-electron chi connectivity index (χ4n) is 2.37. The van der Waals surface area contributed by atoms with Crippen LogP contribution in [0.25, 0.3) is 10.9 Å². The number of anilines is 1. The molecule has 0 aliphatic heterocycles. The van der Waals surface area contributed by atoms with Gasteiger partial charge >= 0.3 is 0 Å². The summed E-state index contributed by atoms with van der Waals surface area (Å²) in [6.07, 6.45) is 1.74. The van der Waals surface area contributed by atoms with Crippen LogP contribution in [-0.4, -0.2) is 25.9 Å². The van der Waals surface area contributed by atoms with E-state index in [4.69, 9.17) is 9.57 Å². The Morgan fingerprint density at radius 1 is 1.38 bits per heavy atom. The molecule has 0 aliphatic carbocycles. The Hall–Kier alpha value is -2.64. The molecule has 7 heteroatoms. The zero-order valence-corrected chi connectivity index (χ0v) is 14.3. The molecule has 3 rings (SSSR count). The zero-order valence-electron chi connectivity index (χ0n) is 13.5. The lowest BCUT2D eigenvalue weighted by molar-refractivity contribution is 0.403. The van der Waals surface area contributed by atoms with Crippen molar-refractivity contribution in [2.45, 2.75) is 6.54 Å². The van der Waals surface area contributed by atoms with Crippen molar-refractivity contribution < 1.29 is 9.57 Å². The lowest BCUT2D eigenvalue weighted by atomic mass is 10.2. The number of ether oxygens (including phenoxy) is 1. The molecule has 24 heavy (non-hydrogen) atoms. The lowest BCUT2D eigenvalue weighted by Crippen LogP contribution is -2.06. The van der Waals surface area contributed by atoms with Crippen LogP contribution < -0.4 is 20.4 Å². The summed E-state index contributed by atoms with van der Waals surface area (Å²) in [6.45, 7) is 4.34. The highest BCUT2D eigenvalue weighted by atomic mass is 32.1. The molecule has 0 saturated carbocycles. The van der Waals surface area contributed by atoms with Crippen LogP contribution in [0.4, 0.5) is 11.4 Å². The molecule has 0 saturated heterocycles. The van der Waals surface area contributed by atoms with Gasteiger partial charge in [0.1, 0.15) is 17.1 Å². The first-order valence-corrected chi connectivity index (χ1v) is 8.22. The minimum absolute atomic E-state index is 0.632. The summed E-state index contributed by atoms with van der Waals surface area (Å²) in [7, 11) is 3.52. The van der Waals surface area contributed by atoms with Crippen LogP contribution in [0.2, 0.25) is 0 Å². The number of nitrogens with zero attached hydrogens (tertiary/aromatic N) is 2. The molecular weight excluding hydrogens is 324 g/mol. The number of pyridine rings is 1. The standard InChI is InChI=1S/C17H18N4O2S/c1-18-9-15-17(19-2)14(10-24-15)23-21-13-8-12(22-3)7-11-5-4-6-20-16(11)13/h4-8,10,18,21H,2,9H2,1,3H3. The van der Waals surface area contributed by atoms with Gasteiger partial charge < -0.3 is 14.9 Å². The smallest absolute Gasteiger partial charge is 0.191 e. The third kappa shape index (κ3) is 3.17. The molecule has 3 aromatic rings. The predicted molar refractivity (Wildman–Crippen MR) is 98.8 cm³/mol. The van der Waals surface area contributed by atoms with Crippen molar-refractivity contribution >= 4 is 40.3 Å². The van der Waals surface area contributed by atoms with E-state index in [1.54, 1.807) is 24.6 Å². The van der Waals surface area contributed by atoms with Crippen molar-refractivity contribution in [2.75, 3.05) is 19.6 Å². The van der Waals surface area contributed by atoms with Gasteiger partial charge in [0.2, 0.25) is 0 Å². The number of rotatable bonds is 7. The largest absolute Gasteiger partial charge is 0.497 e. The highest BCUT2D eigenvalue weighted by Crippen LogP contribution is 2.37. The highest BCUT2D eigenvalue weighted by molar-refractivity contribution is 7.10. The monoisotopic (exact) mass is 342 g/mol. The van der Waals surface area contributed by atoms with E-state index < -0.39 is 0 Å². The van der Waals surface area contributed by atoms with E-state index in [1.165, 1.54) is 0 Å². The summed E-state index contributed by atoms with van der Waals surface area (Å²) in [4.78, 5) is 15.3. The van der Waals surface area contributed by atoms with Crippen LogP contribution in [0.5, 0.6) is 11.5 Å². The SMILES string of the molecule is C=Nc1c(ONc2cc(OC)cc3cccnc23)csc1CNC. The Morgan fingerprint density at radius 2 is 2.25 bits per heavy atom. The second-order valence-corrected chi connectivity index (χ2v) is 5.98. The van der Waals surface area contributed by atoms with Crippen LogP contribution >= 0.6 is 11.3 Å². The van der Waals surface area contributed by atoms with Crippen molar-refractivity contribution in [1.29, 1.82) is 0 Å². The number of benzene rings is 1. The predicted octanol–water partition coefficient (Wildman–Crippen LogP) is 3.76. The van der Waals surface area contributed by atoms with Gasteiger partial charge in [-0.25, -0.2) is 5.48 Å². The third-order valence-corrected chi connectivity index (χ3v) is 4.44. The second-order valence-electron chi connectivity index (χ2n) is 5.01. The number of thiophene rings is 1. The van der Waals surface area contributed by atoms with Gasteiger partial charge in [0.15, 0.2) is 5.75 Å². The molecule has 0 unspecified atom stereocenters. The van der Waals surface area contributed by atoms with Gasteiger partial charge in [-0.1, -0.05) is 6.07 Å². The molecule has 0 spiro atoms. The van der Waals surface area contributed by atoms with E-state index in [-0.39, 0.29) is 0 Å². The van der Waals surface area contributed by atoms with Crippen molar-refractivity contribution in [1.82, 2.24) is 10.3 Å². The van der Waals surface area contributed by atoms with Crippen molar-refractivity contribution in [3.05, 3.63) is 40.7 Å². The quantitative estimate of drug-likeness (QED) is 0.505. The maximum Gasteiger partial charge on any atom is 0.191 e. The molecular formula is C17H18N4O2S. The first kappa shape index (κ1) is 16.2. The number of nitrogens with one attached hydrogen (secondary N) is 2. The number of methoxy groups -OCH3 is 1. The molecule has 124 valence electrons. The molecule has 0 radical (unpaired) electrons. The maximum absolute atomic E-state index is 5.75. The lowest BCUT2D eigenvalue weighted by Gasteiger charge is -2.12. The van der Waals surface area contributed by atoms with E-state index in [0.717, 1.165) is 32.9 Å². The van der Waals surface area contributed by atoms with Crippen LogP contribution in [-0.2, 0) is 6.54 Å². The molecule has 2 N–H and O–H groups in total. The summed E-state index contributed by atoms with van der Waals surface area (Å²) in [5.74, 6) is 1.36. The van der Waals surface area contributed by atoms with E-state index in [9.17, 15) is 0 Å². The Kier molecular flexibility index (Phi) is 4.93. The average Bonchev–Trinajstić information content (AvgIpc) is 3.01. The Balaban J connectivity index is 1.89. The third-order valence-electron chi connectivity index (χ3n) is 3.49. The van der Waals surface area contributed by atoms with Gasteiger partial charge in [-0.3, -0.25) is 9.98 Å². The van der Waals surface area contributed by atoms with Crippen LogP contribution in [0.1, 0.15) is 4.88 Å². The molecule has 0 atom stereocenters. The summed E-state index contributed by atoms with van der Waals surface area (Å²) < 4.78 is 5.34. The number of hydrogen-bond acceptors (Lipinski definition) is 7. The normalized spacial score (nSPS) is 10.6. The Bertz CT molecular complexity index is 863. The Labute approximate surface area is 144 Å². The van der Waals surface area contributed by atoms with Gasteiger partial charge in [0.25, 0.3) is 0 Å². The number of aliphatic imine (C=N–C) groups is 1. The minimum Gasteiger partial charge on any atom is -0.497 e. The summed E-state index contributed by atoms with van der Waals surface area (Å²) >= 11 is 1.57. The van der Waals surface area contributed by atoms with Gasteiger partial charge in [0.05, 0.1) is 12.6 Å². The van der Waals surface area contributed by atoms with Crippen molar-refractivity contribution in [3.63, 3.8) is 0 Å². The van der Waals surface area contributed by atoms with Crippen LogP contribution in [0, 0.1) is 0 Å². The first-order chi connectivity index (χ1) is 11.8. The molecule has 0 bridgehead atoms. The maximum atomic E-state index is 5.75. The van der Waals surface area contributed by atoms with E-state index in [0.29, 0.717) is 12.3 Å². The summed E-state index contributed by atoms with van der Waals surface area (Å²) in [5.41, 5.74) is 5.23. The number of fused-ring (bicyclic) bond motifs is 1. The molecule has 2 heterocycles. The second kappa shape index (κ2) is 7.29. The van der Waals surface area contributed by atoms with E-state index >= 15 is 0 Å². The Morgan fingerprint density at radius 3 is 3.00 bits per heavy atom. The van der Waals surface area contributed by atoms with Crippen LogP contribution in [0.3, 0.4) is 0 Å². The molecule has 2 aromatic heterocycles. The molecule has 0 amide bonds. The van der Waals surface area contributed by atoms with Gasteiger partial charge in [0, 0.05) is 34.5 Å². The van der Waals surface area contributed by atoms with Crippen molar-refractivity contribution in [2.24, 2.45) is 4.99 Å². The number of aromatic nitrogens is 1. The molecule has 0 aliphatic rings. The summed E-state index contributed by atoms with van der Waals surface area (Å²) in [5, 5.41) is 5.97. The van der Waals surface area contributed by atoms with Gasteiger partial charge in [-0.2, -0.15) is 0 Å². The topological polar surface area (TPSA) is 67.8 Å². The van der Waals surface area contributed by atoms with E-state index in [1.807, 2.05) is 36.7 Å². The number of hydrogen-bond donors (Lipinski definition) is 2. The van der Waals surface area contributed by atoms with Crippen LogP contribution in [0.15, 0.2) is 40.8 Å². The molecule has 6 nitrogen and oxygen atoms in total. The van der Waals surface area contributed by atoms with Gasteiger partial charge in [-0.15, -0.1) is 11.3 Å². The van der Waals surface area contributed by atoms with E-state index in [2.05, 4.69) is 27.5 Å². The highest BCUT2D eigenvalue weighted by Gasteiger charge is 2.13. The molecule has 1 aromatic carbocycles. The molecule has 0 fully saturated rings. The first-order valence-electron chi connectivity index (χ1n) is 7.34. The fourth-order valence-corrected chi connectivity index (χ4v) is 3.28. The van der Waals surface area contributed by atoms with Gasteiger partial charge in [-0.05, 0) is 25.9 Å². The summed E-state index contributed by atoms with van der Waals surface area (Å²) in [6, 6.07) is 7.63. The average molecular weight is 342 g/mol. The fraction of sp³-hybridized carbons (Fsp3) is 0.176.